The number of aliphatic hydroxyl groups is 2. The highest BCUT2D eigenvalue weighted by molar-refractivity contribution is 5.91. The van der Waals surface area contributed by atoms with E-state index in [0.29, 0.717) is 18.9 Å². The molecule has 2 fully saturated rings. The Bertz CT molecular complexity index is 622. The summed E-state index contributed by atoms with van der Waals surface area (Å²) in [6.07, 6.45) is 4.27. The third-order valence-corrected chi connectivity index (χ3v) is 6.36. The van der Waals surface area contributed by atoms with Crippen molar-refractivity contribution < 1.29 is 19.8 Å². The van der Waals surface area contributed by atoms with Gasteiger partial charge in [-0.05, 0) is 38.5 Å². The van der Waals surface area contributed by atoms with Gasteiger partial charge in [-0.3, -0.25) is 25.2 Å². The van der Waals surface area contributed by atoms with Crippen molar-refractivity contribution in [3.05, 3.63) is 0 Å². The molecule has 0 aromatic heterocycles. The van der Waals surface area contributed by atoms with Crippen LogP contribution in [0.5, 0.6) is 0 Å². The fraction of sp³-hybridized carbons (Fsp3) is 0.850. The van der Waals surface area contributed by atoms with Crippen molar-refractivity contribution >= 4 is 17.5 Å². The molecule has 1 aliphatic carbocycles. The van der Waals surface area contributed by atoms with Gasteiger partial charge in [-0.2, -0.15) is 0 Å². The fourth-order valence-corrected chi connectivity index (χ4v) is 4.63. The molecule has 0 bridgehead atoms. The smallest absolute Gasteiger partial charge is 0.240 e. The second kappa shape index (κ2) is 9.97. The number of carbonyl (C=O) groups is 2. The van der Waals surface area contributed by atoms with Gasteiger partial charge >= 0.3 is 0 Å². The molecule has 29 heavy (non-hydrogen) atoms. The van der Waals surface area contributed by atoms with Gasteiger partial charge in [0.2, 0.25) is 11.8 Å². The average molecular weight is 410 g/mol. The molecule has 6 N–H and O–H groups in total. The molecule has 3 aliphatic rings. The molecule has 5 unspecified atom stereocenters. The van der Waals surface area contributed by atoms with Gasteiger partial charge in [-0.15, -0.1) is 0 Å². The van der Waals surface area contributed by atoms with Crippen LogP contribution < -0.4 is 21.3 Å². The summed E-state index contributed by atoms with van der Waals surface area (Å²) >= 11 is 0. The monoisotopic (exact) mass is 409 g/mol. The van der Waals surface area contributed by atoms with Crippen LogP contribution in [0.2, 0.25) is 0 Å². The Kier molecular flexibility index (Phi) is 7.61. The van der Waals surface area contributed by atoms with E-state index in [9.17, 15) is 19.8 Å². The van der Waals surface area contributed by atoms with Crippen LogP contribution in [-0.2, 0) is 9.59 Å². The maximum atomic E-state index is 12.8. The summed E-state index contributed by atoms with van der Waals surface area (Å²) in [6, 6.07) is -0.878. The quantitative estimate of drug-likeness (QED) is 0.358. The molecule has 2 heterocycles. The van der Waals surface area contributed by atoms with Crippen LogP contribution >= 0.6 is 0 Å². The first-order valence-electron chi connectivity index (χ1n) is 10.8. The van der Waals surface area contributed by atoms with Gasteiger partial charge in [0.05, 0.1) is 12.7 Å². The number of aliphatic hydroxyl groups excluding tert-OH is 2. The predicted molar refractivity (Wildman–Crippen MR) is 109 cm³/mol. The summed E-state index contributed by atoms with van der Waals surface area (Å²) < 4.78 is 0. The summed E-state index contributed by atoms with van der Waals surface area (Å²) in [5.74, 6) is 0.0827. The second-order valence-corrected chi connectivity index (χ2v) is 8.64. The summed E-state index contributed by atoms with van der Waals surface area (Å²) in [7, 11) is 0. The largest absolute Gasteiger partial charge is 0.387 e. The summed E-state index contributed by atoms with van der Waals surface area (Å²) in [6.45, 7) is 3.96. The minimum atomic E-state index is -1.25. The lowest BCUT2D eigenvalue weighted by Crippen LogP contribution is -2.72. The van der Waals surface area contributed by atoms with Crippen LogP contribution in [-0.4, -0.2) is 70.9 Å². The van der Waals surface area contributed by atoms with Crippen molar-refractivity contribution in [1.82, 2.24) is 21.3 Å². The van der Waals surface area contributed by atoms with Gasteiger partial charge in [0, 0.05) is 24.7 Å². The predicted octanol–water partition coefficient (Wildman–Crippen LogP) is -0.622. The van der Waals surface area contributed by atoms with Crippen molar-refractivity contribution in [3.8, 4) is 0 Å². The molecule has 3 rings (SSSR count). The lowest BCUT2D eigenvalue weighted by Gasteiger charge is -2.40. The average Bonchev–Trinajstić information content (AvgIpc) is 2.70. The molecular formula is C20H35N5O4. The number of carbonyl (C=O) groups excluding carboxylic acids is 2. The Hall–Kier alpha value is -1.55. The maximum absolute atomic E-state index is 12.8. The van der Waals surface area contributed by atoms with Crippen LogP contribution in [0.4, 0.5) is 0 Å². The van der Waals surface area contributed by atoms with Crippen LogP contribution in [0.1, 0.15) is 58.8 Å². The molecular weight excluding hydrogens is 374 g/mol. The van der Waals surface area contributed by atoms with E-state index in [1.54, 1.807) is 0 Å². The van der Waals surface area contributed by atoms with Crippen molar-refractivity contribution in [2.75, 3.05) is 6.54 Å². The molecule has 2 aliphatic heterocycles. The number of rotatable bonds is 5. The molecule has 164 valence electrons. The summed E-state index contributed by atoms with van der Waals surface area (Å²) in [5, 5.41) is 32.5. The molecule has 0 aromatic rings. The van der Waals surface area contributed by atoms with E-state index in [-0.39, 0.29) is 23.9 Å². The first kappa shape index (κ1) is 22.1. The third kappa shape index (κ3) is 5.75. The lowest BCUT2D eigenvalue weighted by molar-refractivity contribution is -0.134. The van der Waals surface area contributed by atoms with E-state index < -0.39 is 24.5 Å². The molecule has 1 saturated heterocycles. The minimum Gasteiger partial charge on any atom is -0.387 e. The van der Waals surface area contributed by atoms with Gasteiger partial charge < -0.3 is 20.8 Å². The molecule has 0 radical (unpaired) electrons. The van der Waals surface area contributed by atoms with E-state index >= 15 is 0 Å². The van der Waals surface area contributed by atoms with Crippen LogP contribution in [0.3, 0.4) is 0 Å². The molecule has 6 atom stereocenters. The molecule has 0 spiro atoms. The fourth-order valence-electron chi connectivity index (χ4n) is 4.63. The van der Waals surface area contributed by atoms with Crippen LogP contribution in [0.15, 0.2) is 4.99 Å². The third-order valence-electron chi connectivity index (χ3n) is 6.36. The molecule has 1 saturated carbocycles. The number of hydrogen-bond acceptors (Lipinski definition) is 7. The van der Waals surface area contributed by atoms with Crippen molar-refractivity contribution in [3.63, 3.8) is 0 Å². The zero-order chi connectivity index (χ0) is 21.0. The zero-order valence-electron chi connectivity index (χ0n) is 17.4. The highest BCUT2D eigenvalue weighted by atomic mass is 16.3. The Morgan fingerprint density at radius 3 is 2.48 bits per heavy atom. The van der Waals surface area contributed by atoms with Gasteiger partial charge in [-0.1, -0.05) is 19.3 Å². The number of nitrogens with zero attached hydrogens (tertiary/aromatic N) is 1. The second-order valence-electron chi connectivity index (χ2n) is 8.64. The van der Waals surface area contributed by atoms with Gasteiger partial charge in [0.1, 0.15) is 18.4 Å². The Balaban J connectivity index is 1.59. The van der Waals surface area contributed by atoms with Gasteiger partial charge in [0.15, 0.2) is 0 Å². The number of nitrogens with one attached hydrogen (secondary N) is 4. The van der Waals surface area contributed by atoms with E-state index in [1.807, 2.05) is 6.92 Å². The first-order valence-corrected chi connectivity index (χ1v) is 10.8. The summed E-state index contributed by atoms with van der Waals surface area (Å²) in [5.41, 5.74) is 0.788. The Morgan fingerprint density at radius 1 is 1.14 bits per heavy atom. The van der Waals surface area contributed by atoms with E-state index in [0.717, 1.165) is 25.0 Å². The minimum absolute atomic E-state index is 0.00536. The number of amides is 2. The zero-order valence-corrected chi connectivity index (χ0v) is 17.4. The van der Waals surface area contributed by atoms with Crippen LogP contribution in [0, 0.1) is 5.92 Å². The van der Waals surface area contributed by atoms with Crippen molar-refractivity contribution in [2.24, 2.45) is 10.9 Å². The number of hydrogen-bond donors (Lipinski definition) is 6. The van der Waals surface area contributed by atoms with E-state index in [1.165, 1.54) is 26.2 Å². The van der Waals surface area contributed by atoms with Gasteiger partial charge in [-0.25, -0.2) is 0 Å². The highest BCUT2D eigenvalue weighted by Gasteiger charge is 2.41. The van der Waals surface area contributed by atoms with Crippen molar-refractivity contribution in [1.29, 1.82) is 0 Å². The normalized spacial score (nSPS) is 34.8. The number of aliphatic imine (C=N–C) groups is 1. The van der Waals surface area contributed by atoms with E-state index in [4.69, 9.17) is 0 Å². The topological polar surface area (TPSA) is 135 Å². The Morgan fingerprint density at radius 2 is 1.86 bits per heavy atom. The molecule has 0 aromatic carbocycles. The maximum Gasteiger partial charge on any atom is 0.240 e. The van der Waals surface area contributed by atoms with Crippen molar-refractivity contribution in [2.45, 2.75) is 95.4 Å². The lowest BCUT2D eigenvalue weighted by atomic mass is 9.84. The molecule has 9 heteroatoms. The Labute approximate surface area is 172 Å². The molecule has 2 amide bonds. The SMILES string of the molecule is CC(=O)NC1CCC(C2NC(O)C(O)C(C(=O)N[C@H](C)C3CCCCC3)N2)=NC1. The van der Waals surface area contributed by atoms with E-state index in [2.05, 4.69) is 26.3 Å². The standard InChI is InChI=1S/C20H35N5O4/c1-11(13-6-4-3-5-7-13)22-19(28)16-17(27)20(29)25-18(24-16)15-9-8-14(10-21-15)23-12(2)26/h11,13-14,16-18,20,24-25,27,29H,3-10H2,1-2H3,(H,22,28)(H,23,26)/t11-,14?,16?,17?,18?,20?/m1/s1. The molecule has 9 nitrogen and oxygen atoms in total. The first-order chi connectivity index (χ1) is 13.8. The van der Waals surface area contributed by atoms with Gasteiger partial charge in [0.25, 0.3) is 0 Å². The highest BCUT2D eigenvalue weighted by Crippen LogP contribution is 2.26. The summed E-state index contributed by atoms with van der Waals surface area (Å²) in [4.78, 5) is 28.6. The van der Waals surface area contributed by atoms with Crippen LogP contribution in [0.25, 0.3) is 0 Å².